The van der Waals surface area contributed by atoms with Crippen LogP contribution in [0.3, 0.4) is 0 Å². The summed E-state index contributed by atoms with van der Waals surface area (Å²) < 4.78 is 12.7. The van der Waals surface area contributed by atoms with E-state index in [1.165, 1.54) is 16.2 Å². The molecule has 0 aromatic rings. The number of carbonyl (C=O) groups is 1. The lowest BCUT2D eigenvalue weighted by molar-refractivity contribution is -0.128. The molecule has 0 radical (unpaired) electrons. The normalized spacial score (nSPS) is 22.5. The van der Waals surface area contributed by atoms with E-state index < -0.39 is 0 Å². The predicted molar refractivity (Wildman–Crippen MR) is 186 cm³/mol. The Morgan fingerprint density at radius 1 is 0.907 bits per heavy atom. The van der Waals surface area contributed by atoms with Gasteiger partial charge in [-0.05, 0) is 49.7 Å². The highest BCUT2D eigenvalue weighted by atomic mass is 32.2. The molecule has 3 aliphatic heterocycles. The summed E-state index contributed by atoms with van der Waals surface area (Å²) in [6.45, 7) is 30.5. The van der Waals surface area contributed by atoms with Crippen molar-refractivity contribution in [3.8, 4) is 0 Å². The van der Waals surface area contributed by atoms with Crippen molar-refractivity contribution in [3.05, 3.63) is 33.1 Å². The number of carbonyl (C=O) groups excluding carboxylic acids is 1. The molecular weight excluding hydrogens is 554 g/mol. The van der Waals surface area contributed by atoms with Crippen LogP contribution in [-0.2, 0) is 14.3 Å². The number of amides is 1. The van der Waals surface area contributed by atoms with Crippen LogP contribution in [0.25, 0.3) is 0 Å². The van der Waals surface area contributed by atoms with Gasteiger partial charge in [-0.25, -0.2) is 10.9 Å². The summed E-state index contributed by atoms with van der Waals surface area (Å²) in [5.74, 6) is 2.58. The fraction of sp³-hybridized carbons (Fsp3) is 0.806. The maximum Gasteiger partial charge on any atom is 0.253 e. The first-order valence-corrected chi connectivity index (χ1v) is 19.0. The number of nitrogens with one attached hydrogen (secondary N) is 2. The number of hydrogen-bond donors (Lipinski definition) is 3. The maximum atomic E-state index is 14.0. The predicted octanol–water partition coefficient (Wildman–Crippen LogP) is 7.04. The summed E-state index contributed by atoms with van der Waals surface area (Å²) in [4.78, 5) is 17.6. The monoisotopic (exact) mass is 619 g/mol. The molecular formula is C36H65N3O3S. The quantitative estimate of drug-likeness (QED) is 0.191. The van der Waals surface area contributed by atoms with Crippen LogP contribution < -0.4 is 10.6 Å². The molecule has 1 atom stereocenters. The fourth-order valence-electron chi connectivity index (χ4n) is 7.35. The number of ether oxygens (including phenoxy) is 2. The van der Waals surface area contributed by atoms with Crippen LogP contribution in [0.2, 0.25) is 0 Å². The van der Waals surface area contributed by atoms with Crippen LogP contribution in [0, 0.1) is 28.1 Å². The molecule has 3 rings (SSSR count). The van der Waals surface area contributed by atoms with Gasteiger partial charge in [0.2, 0.25) is 0 Å². The smallest absolute Gasteiger partial charge is 0.253 e. The van der Waals surface area contributed by atoms with Crippen LogP contribution in [0.4, 0.5) is 0 Å². The highest BCUT2D eigenvalue weighted by molar-refractivity contribution is 8.19. The zero-order valence-corrected chi connectivity index (χ0v) is 30.8. The van der Waals surface area contributed by atoms with Crippen molar-refractivity contribution in [1.29, 1.82) is 0 Å². The minimum absolute atomic E-state index is 0.0368. The first kappa shape index (κ1) is 36.0. The van der Waals surface area contributed by atoms with E-state index in [9.17, 15) is 4.79 Å². The van der Waals surface area contributed by atoms with Gasteiger partial charge in [-0.15, -0.1) is 0 Å². The Balaban J connectivity index is 1.93. The van der Waals surface area contributed by atoms with Crippen LogP contribution in [0.15, 0.2) is 33.1 Å². The number of allylic oxidation sites excluding steroid dienone is 2. The van der Waals surface area contributed by atoms with Crippen molar-refractivity contribution in [3.63, 3.8) is 0 Å². The Bertz CT molecular complexity index is 1090. The molecule has 43 heavy (non-hydrogen) atoms. The molecule has 0 aliphatic carbocycles. The second kappa shape index (κ2) is 14.3. The highest BCUT2D eigenvalue weighted by Gasteiger charge is 2.40. The van der Waals surface area contributed by atoms with E-state index in [1.807, 2.05) is 0 Å². The number of nitrogens with zero attached hydrogens (tertiary/aromatic N) is 1. The van der Waals surface area contributed by atoms with E-state index in [0.717, 1.165) is 56.8 Å². The first-order valence-electron chi connectivity index (χ1n) is 16.7. The van der Waals surface area contributed by atoms with E-state index in [-0.39, 0.29) is 44.9 Å². The van der Waals surface area contributed by atoms with Crippen LogP contribution in [-0.4, -0.2) is 75.3 Å². The molecule has 2 N–H and O–H groups in total. The van der Waals surface area contributed by atoms with Crippen molar-refractivity contribution < 1.29 is 14.3 Å². The molecule has 3 aliphatic rings. The molecule has 3 heterocycles. The molecule has 7 heteroatoms. The van der Waals surface area contributed by atoms with Gasteiger partial charge in [0.25, 0.3) is 5.91 Å². The van der Waals surface area contributed by atoms with Crippen LogP contribution in [0.1, 0.15) is 95.4 Å². The number of hydrogen-bond acceptors (Lipinski definition) is 5. The Morgan fingerprint density at radius 2 is 1.58 bits per heavy atom. The van der Waals surface area contributed by atoms with Gasteiger partial charge in [0.15, 0.2) is 0 Å². The van der Waals surface area contributed by atoms with Gasteiger partial charge in [-0.2, -0.15) is 0 Å². The topological polar surface area (TPSA) is 62.8 Å². The minimum Gasteiger partial charge on any atom is -0.495 e. The van der Waals surface area contributed by atoms with E-state index in [0.29, 0.717) is 25.7 Å². The number of rotatable bonds is 9. The van der Waals surface area contributed by atoms with E-state index in [4.69, 9.17) is 9.47 Å². The Labute approximate surface area is 267 Å². The Hall–Kier alpha value is -1.44. The van der Waals surface area contributed by atoms with Crippen LogP contribution >= 0.6 is 10.9 Å². The average Bonchev–Trinajstić information content (AvgIpc) is 3.32. The summed E-state index contributed by atoms with van der Waals surface area (Å²) in [5.41, 5.74) is 3.75. The van der Waals surface area contributed by atoms with Crippen molar-refractivity contribution in [2.24, 2.45) is 28.1 Å². The van der Waals surface area contributed by atoms with Crippen molar-refractivity contribution in [1.82, 2.24) is 15.5 Å². The van der Waals surface area contributed by atoms with Crippen molar-refractivity contribution >= 4 is 16.8 Å². The lowest BCUT2D eigenvalue weighted by atomic mass is 9.70. The molecule has 0 bridgehead atoms. The molecule has 0 aromatic carbocycles. The van der Waals surface area contributed by atoms with E-state index >= 15 is 0 Å². The third-order valence-corrected chi connectivity index (χ3v) is 10.9. The lowest BCUT2D eigenvalue weighted by Crippen LogP contribution is -2.42. The molecule has 0 spiro atoms. The van der Waals surface area contributed by atoms with Crippen molar-refractivity contribution in [2.45, 2.75) is 101 Å². The zero-order valence-electron chi connectivity index (χ0n) is 29.9. The largest absolute Gasteiger partial charge is 0.495 e. The van der Waals surface area contributed by atoms with Gasteiger partial charge in [-0.1, -0.05) is 87.3 Å². The van der Waals surface area contributed by atoms with Gasteiger partial charge in [0, 0.05) is 47.3 Å². The molecule has 0 saturated heterocycles. The molecule has 248 valence electrons. The minimum atomic E-state index is -0.228. The van der Waals surface area contributed by atoms with Gasteiger partial charge < -0.3 is 25.0 Å². The second-order valence-corrected chi connectivity index (χ2v) is 18.5. The standard InChI is InChI=1S/C36H65N3O3S/c1-24(2)30-31(25(3)4)41-19-17-39(33(30)40)23-36(10,11)27-14-15-38-26(20-28(27)34(5,6)7)21-35(8,9)32-29(43(12)13)22-37-16-18-42-32/h24-26,37-38,43H,14-23H2,1-13H3. The Kier molecular flexibility index (Phi) is 12.0. The summed E-state index contributed by atoms with van der Waals surface area (Å²) in [5, 5.41) is 7.54. The molecule has 0 saturated carbocycles. The van der Waals surface area contributed by atoms with Gasteiger partial charge in [-0.3, -0.25) is 4.79 Å². The third-order valence-electron chi connectivity index (χ3n) is 9.43. The molecule has 1 amide bonds. The molecule has 6 nitrogen and oxygen atoms in total. The zero-order chi connectivity index (χ0) is 32.3. The summed E-state index contributed by atoms with van der Waals surface area (Å²) >= 11 is 0. The summed E-state index contributed by atoms with van der Waals surface area (Å²) in [6.07, 6.45) is 7.75. The summed E-state index contributed by atoms with van der Waals surface area (Å²) in [7, 11) is -0.228. The van der Waals surface area contributed by atoms with E-state index in [1.54, 1.807) is 5.57 Å². The van der Waals surface area contributed by atoms with Crippen LogP contribution in [0.5, 0.6) is 0 Å². The first-order chi connectivity index (χ1) is 19.9. The Morgan fingerprint density at radius 3 is 2.16 bits per heavy atom. The third kappa shape index (κ3) is 8.85. The van der Waals surface area contributed by atoms with Crippen molar-refractivity contribution in [2.75, 3.05) is 58.4 Å². The molecule has 0 fully saturated rings. The van der Waals surface area contributed by atoms with Gasteiger partial charge >= 0.3 is 0 Å². The number of thiol groups is 1. The van der Waals surface area contributed by atoms with E-state index in [2.05, 4.69) is 104 Å². The molecule has 0 aromatic heterocycles. The fourth-order valence-corrected chi connectivity index (χ4v) is 8.55. The highest BCUT2D eigenvalue weighted by Crippen LogP contribution is 2.46. The second-order valence-electron chi connectivity index (χ2n) is 16.1. The van der Waals surface area contributed by atoms with Gasteiger partial charge in [0.05, 0.1) is 12.1 Å². The lowest BCUT2D eigenvalue weighted by Gasteiger charge is -2.39. The molecule has 1 unspecified atom stereocenters. The van der Waals surface area contributed by atoms with Gasteiger partial charge in [0.1, 0.15) is 24.7 Å². The summed E-state index contributed by atoms with van der Waals surface area (Å²) in [6, 6.07) is 0.364. The average molecular weight is 620 g/mol. The SMILES string of the molecule is CC(C)C1=C(C(C)C)C(=O)N(CC(C)(C)C2=C(C(C)(C)C)CC(CC(C)(C)C3=C([SH](C)C)CNCCO3)NCC2)CCO1. The maximum absolute atomic E-state index is 14.0.